The molecule has 1 aliphatic heterocycles. The van der Waals surface area contributed by atoms with Gasteiger partial charge in [-0.05, 0) is 45.1 Å². The zero-order chi connectivity index (χ0) is 13.9. The number of fused-ring (bicyclic) bond motifs is 1. The molecule has 0 amide bonds. The molecular weight excluding hydrogens is 250 g/mol. The molecule has 20 heavy (non-hydrogen) atoms. The second kappa shape index (κ2) is 5.67. The summed E-state index contributed by atoms with van der Waals surface area (Å²) in [5.74, 6) is 1.87. The van der Waals surface area contributed by atoms with Gasteiger partial charge in [0, 0.05) is 23.0 Å². The van der Waals surface area contributed by atoms with E-state index in [-0.39, 0.29) is 0 Å². The predicted molar refractivity (Wildman–Crippen MR) is 82.4 cm³/mol. The molecule has 0 atom stereocenters. The third-order valence-corrected chi connectivity index (χ3v) is 4.05. The standard InChI is InChI=1S/C16H21N3O/c1-19-10-7-12(8-11-19)18-16-14-4-3-5-15(20-2)13(14)6-9-17-16/h3-6,9,12H,7-8,10-11H2,1-2H3,(H,17,18). The van der Waals surface area contributed by atoms with Crippen LogP contribution in [-0.2, 0) is 0 Å². The number of rotatable bonds is 3. The van der Waals surface area contributed by atoms with Gasteiger partial charge in [-0.15, -0.1) is 0 Å². The third-order valence-electron chi connectivity index (χ3n) is 4.05. The highest BCUT2D eigenvalue weighted by molar-refractivity contribution is 5.95. The van der Waals surface area contributed by atoms with Crippen molar-refractivity contribution in [1.82, 2.24) is 9.88 Å². The summed E-state index contributed by atoms with van der Waals surface area (Å²) < 4.78 is 5.42. The molecule has 4 heteroatoms. The molecule has 0 saturated carbocycles. The fourth-order valence-electron chi connectivity index (χ4n) is 2.82. The molecule has 1 aliphatic rings. The first-order valence-corrected chi connectivity index (χ1v) is 7.15. The Balaban J connectivity index is 1.88. The zero-order valence-electron chi connectivity index (χ0n) is 12.1. The van der Waals surface area contributed by atoms with Crippen molar-refractivity contribution in [1.29, 1.82) is 0 Å². The van der Waals surface area contributed by atoms with E-state index >= 15 is 0 Å². The average molecular weight is 271 g/mol. The summed E-state index contributed by atoms with van der Waals surface area (Å²) >= 11 is 0. The molecule has 0 aliphatic carbocycles. The quantitative estimate of drug-likeness (QED) is 0.931. The van der Waals surface area contributed by atoms with Crippen molar-refractivity contribution in [3.8, 4) is 5.75 Å². The first-order valence-electron chi connectivity index (χ1n) is 7.15. The molecule has 0 bridgehead atoms. The first-order chi connectivity index (χ1) is 9.78. The number of anilines is 1. The van der Waals surface area contributed by atoms with Crippen LogP contribution in [0.2, 0.25) is 0 Å². The van der Waals surface area contributed by atoms with Crippen LogP contribution in [-0.4, -0.2) is 43.2 Å². The number of hydrogen-bond acceptors (Lipinski definition) is 4. The lowest BCUT2D eigenvalue weighted by atomic mass is 10.0. The Kier molecular flexibility index (Phi) is 3.74. The van der Waals surface area contributed by atoms with E-state index < -0.39 is 0 Å². The summed E-state index contributed by atoms with van der Waals surface area (Å²) in [6, 6.07) is 8.62. The summed E-state index contributed by atoms with van der Waals surface area (Å²) in [6.07, 6.45) is 4.18. The van der Waals surface area contributed by atoms with Gasteiger partial charge >= 0.3 is 0 Å². The smallest absolute Gasteiger partial charge is 0.134 e. The maximum absolute atomic E-state index is 5.42. The molecule has 0 spiro atoms. The zero-order valence-corrected chi connectivity index (χ0v) is 12.1. The Labute approximate surface area is 119 Å². The van der Waals surface area contributed by atoms with Gasteiger partial charge in [-0.2, -0.15) is 0 Å². The molecule has 3 rings (SSSR count). The van der Waals surface area contributed by atoms with Crippen LogP contribution in [0.3, 0.4) is 0 Å². The normalized spacial score (nSPS) is 17.3. The highest BCUT2D eigenvalue weighted by Crippen LogP contribution is 2.29. The molecule has 1 aromatic carbocycles. The van der Waals surface area contributed by atoms with Crippen molar-refractivity contribution in [2.24, 2.45) is 0 Å². The van der Waals surface area contributed by atoms with Gasteiger partial charge in [0.25, 0.3) is 0 Å². The number of ether oxygens (including phenoxy) is 1. The molecule has 2 heterocycles. The van der Waals surface area contributed by atoms with Gasteiger partial charge in [-0.3, -0.25) is 0 Å². The highest BCUT2D eigenvalue weighted by Gasteiger charge is 2.17. The largest absolute Gasteiger partial charge is 0.496 e. The number of methoxy groups -OCH3 is 1. The van der Waals surface area contributed by atoms with E-state index in [1.807, 2.05) is 24.4 Å². The van der Waals surface area contributed by atoms with E-state index in [4.69, 9.17) is 4.74 Å². The van der Waals surface area contributed by atoms with Crippen LogP contribution in [0.15, 0.2) is 30.5 Å². The summed E-state index contributed by atoms with van der Waals surface area (Å²) in [6.45, 7) is 2.29. The van der Waals surface area contributed by atoms with Crippen molar-refractivity contribution in [2.75, 3.05) is 32.6 Å². The summed E-state index contributed by atoms with van der Waals surface area (Å²) in [5, 5.41) is 5.84. The van der Waals surface area contributed by atoms with Crippen molar-refractivity contribution in [3.63, 3.8) is 0 Å². The van der Waals surface area contributed by atoms with Gasteiger partial charge in [0.05, 0.1) is 7.11 Å². The van der Waals surface area contributed by atoms with Crippen LogP contribution in [0, 0.1) is 0 Å². The number of likely N-dealkylation sites (tertiary alicyclic amines) is 1. The van der Waals surface area contributed by atoms with Gasteiger partial charge in [-0.1, -0.05) is 12.1 Å². The van der Waals surface area contributed by atoms with Crippen molar-refractivity contribution in [3.05, 3.63) is 30.5 Å². The summed E-state index contributed by atoms with van der Waals surface area (Å²) in [7, 11) is 3.89. The third kappa shape index (κ3) is 2.56. The minimum atomic E-state index is 0.510. The molecule has 1 aromatic heterocycles. The SMILES string of the molecule is COc1cccc2c(NC3CCN(C)CC3)nccc12. The fourth-order valence-corrected chi connectivity index (χ4v) is 2.82. The van der Waals surface area contributed by atoms with Crippen LogP contribution >= 0.6 is 0 Å². The van der Waals surface area contributed by atoms with Gasteiger partial charge < -0.3 is 15.0 Å². The Morgan fingerprint density at radius 1 is 1.20 bits per heavy atom. The molecule has 0 radical (unpaired) electrons. The molecule has 2 aromatic rings. The number of nitrogens with one attached hydrogen (secondary N) is 1. The van der Waals surface area contributed by atoms with E-state index in [1.165, 1.54) is 12.8 Å². The predicted octanol–water partition coefficient (Wildman–Crippen LogP) is 2.75. The van der Waals surface area contributed by atoms with E-state index in [9.17, 15) is 0 Å². The van der Waals surface area contributed by atoms with Crippen LogP contribution in [0.5, 0.6) is 5.75 Å². The van der Waals surface area contributed by atoms with Gasteiger partial charge in [0.2, 0.25) is 0 Å². The minimum Gasteiger partial charge on any atom is -0.496 e. The number of piperidine rings is 1. The van der Waals surface area contributed by atoms with Crippen molar-refractivity contribution < 1.29 is 4.74 Å². The molecule has 106 valence electrons. The lowest BCUT2D eigenvalue weighted by Gasteiger charge is -2.30. The Bertz CT molecular complexity index is 591. The van der Waals surface area contributed by atoms with Gasteiger partial charge in [0.1, 0.15) is 11.6 Å². The molecule has 1 N–H and O–H groups in total. The van der Waals surface area contributed by atoms with Crippen LogP contribution in [0.1, 0.15) is 12.8 Å². The van der Waals surface area contributed by atoms with Crippen molar-refractivity contribution in [2.45, 2.75) is 18.9 Å². The maximum atomic E-state index is 5.42. The monoisotopic (exact) mass is 271 g/mol. The lowest BCUT2D eigenvalue weighted by molar-refractivity contribution is 0.264. The molecule has 1 saturated heterocycles. The van der Waals surface area contributed by atoms with Crippen molar-refractivity contribution >= 4 is 16.6 Å². The van der Waals surface area contributed by atoms with E-state index in [0.29, 0.717) is 6.04 Å². The van der Waals surface area contributed by atoms with Gasteiger partial charge in [-0.25, -0.2) is 4.98 Å². The molecular formula is C16H21N3O. The minimum absolute atomic E-state index is 0.510. The van der Waals surface area contributed by atoms with Gasteiger partial charge in [0.15, 0.2) is 0 Å². The molecule has 0 unspecified atom stereocenters. The fraction of sp³-hybridized carbons (Fsp3) is 0.438. The van der Waals surface area contributed by atoms with Crippen LogP contribution in [0.25, 0.3) is 10.8 Å². The van der Waals surface area contributed by atoms with E-state index in [0.717, 1.165) is 35.4 Å². The van der Waals surface area contributed by atoms with Crippen LogP contribution < -0.4 is 10.1 Å². The molecule has 4 nitrogen and oxygen atoms in total. The Hall–Kier alpha value is -1.81. The maximum Gasteiger partial charge on any atom is 0.134 e. The second-order valence-electron chi connectivity index (χ2n) is 5.44. The highest BCUT2D eigenvalue weighted by atomic mass is 16.5. The number of benzene rings is 1. The summed E-state index contributed by atoms with van der Waals surface area (Å²) in [5.41, 5.74) is 0. The van der Waals surface area contributed by atoms with E-state index in [1.54, 1.807) is 7.11 Å². The topological polar surface area (TPSA) is 37.4 Å². The number of hydrogen-bond donors (Lipinski definition) is 1. The lowest BCUT2D eigenvalue weighted by Crippen LogP contribution is -2.36. The second-order valence-corrected chi connectivity index (χ2v) is 5.44. The Morgan fingerprint density at radius 2 is 2.00 bits per heavy atom. The number of aromatic nitrogens is 1. The summed E-state index contributed by atoms with van der Waals surface area (Å²) in [4.78, 5) is 6.89. The van der Waals surface area contributed by atoms with Crippen LogP contribution in [0.4, 0.5) is 5.82 Å². The average Bonchev–Trinajstić information content (AvgIpc) is 2.49. The first kappa shape index (κ1) is 13.2. The Morgan fingerprint density at radius 3 is 2.75 bits per heavy atom. The number of pyridine rings is 1. The number of nitrogens with zero attached hydrogens (tertiary/aromatic N) is 2. The van der Waals surface area contributed by atoms with E-state index in [2.05, 4.69) is 28.3 Å². The molecule has 1 fully saturated rings.